The lowest BCUT2D eigenvalue weighted by atomic mass is 9.73. The number of aromatic amines is 1. The van der Waals surface area contributed by atoms with Gasteiger partial charge in [-0.2, -0.15) is 0 Å². The molecule has 2 atom stereocenters. The number of aliphatic hydroxyl groups is 1. The Morgan fingerprint density at radius 3 is 2.48 bits per heavy atom. The minimum atomic E-state index is -1.59. The molecule has 2 aromatic carbocycles. The zero-order valence-electron chi connectivity index (χ0n) is 17.8. The second-order valence-electron chi connectivity index (χ2n) is 8.51. The Balaban J connectivity index is 2.02. The number of amides is 2. The van der Waals surface area contributed by atoms with Crippen LogP contribution in [0.3, 0.4) is 0 Å². The number of benzene rings is 2. The molecular formula is C22H27N5O4. The molecule has 1 aromatic heterocycles. The van der Waals surface area contributed by atoms with Crippen molar-refractivity contribution in [1.82, 2.24) is 20.7 Å². The van der Waals surface area contributed by atoms with Crippen molar-refractivity contribution in [2.24, 2.45) is 11.1 Å². The third kappa shape index (κ3) is 5.00. The molecule has 0 aliphatic carbocycles. The predicted octanol–water partition coefficient (Wildman–Crippen LogP) is 2.23. The van der Waals surface area contributed by atoms with Crippen molar-refractivity contribution >= 4 is 22.8 Å². The number of fused-ring (bicyclic) bond motifs is 1. The number of nitrogens with two attached hydrogens (primary N) is 1. The van der Waals surface area contributed by atoms with E-state index in [1.165, 1.54) is 6.20 Å². The van der Waals surface area contributed by atoms with Crippen molar-refractivity contribution in [3.05, 3.63) is 59.9 Å². The SMILES string of the molecule is CC(C)(C)OC(=O)NC(c1c[nH]nn1)C(CO)(Cc1ccc2ccccc2c1)C(N)=O. The van der Waals surface area contributed by atoms with Crippen LogP contribution in [0.1, 0.15) is 38.1 Å². The zero-order chi connectivity index (χ0) is 22.6. The highest BCUT2D eigenvalue weighted by Crippen LogP contribution is 2.37. The van der Waals surface area contributed by atoms with Gasteiger partial charge in [0.05, 0.1) is 12.6 Å². The van der Waals surface area contributed by atoms with Gasteiger partial charge in [-0.25, -0.2) is 4.79 Å². The third-order valence-electron chi connectivity index (χ3n) is 5.05. The topological polar surface area (TPSA) is 143 Å². The summed E-state index contributed by atoms with van der Waals surface area (Å²) in [7, 11) is 0. The lowest BCUT2D eigenvalue weighted by molar-refractivity contribution is -0.132. The van der Waals surface area contributed by atoms with E-state index in [2.05, 4.69) is 20.7 Å². The number of carbonyl (C=O) groups is 2. The number of aromatic nitrogens is 3. The average Bonchev–Trinajstić information content (AvgIpc) is 3.23. The van der Waals surface area contributed by atoms with Gasteiger partial charge in [0, 0.05) is 6.20 Å². The number of H-pyrrole nitrogens is 1. The number of aliphatic hydroxyl groups excluding tert-OH is 1. The van der Waals surface area contributed by atoms with Crippen LogP contribution in [0.15, 0.2) is 48.7 Å². The largest absolute Gasteiger partial charge is 0.444 e. The summed E-state index contributed by atoms with van der Waals surface area (Å²) in [5.41, 5.74) is 4.48. The molecule has 0 aliphatic rings. The lowest BCUT2D eigenvalue weighted by Gasteiger charge is -2.36. The molecule has 0 radical (unpaired) electrons. The number of primary amides is 1. The highest BCUT2D eigenvalue weighted by molar-refractivity contribution is 5.85. The normalized spacial score (nSPS) is 14.6. The zero-order valence-corrected chi connectivity index (χ0v) is 17.8. The van der Waals surface area contributed by atoms with Gasteiger partial charge in [-0.1, -0.05) is 47.7 Å². The van der Waals surface area contributed by atoms with Gasteiger partial charge in [0.2, 0.25) is 5.91 Å². The molecule has 5 N–H and O–H groups in total. The van der Waals surface area contributed by atoms with E-state index in [1.807, 2.05) is 42.5 Å². The van der Waals surface area contributed by atoms with E-state index in [0.29, 0.717) is 0 Å². The highest BCUT2D eigenvalue weighted by Gasteiger charge is 2.47. The number of alkyl carbamates (subject to hydrolysis) is 1. The quantitative estimate of drug-likeness (QED) is 0.457. The van der Waals surface area contributed by atoms with Crippen molar-refractivity contribution < 1.29 is 19.4 Å². The first-order valence-corrected chi connectivity index (χ1v) is 9.89. The molecule has 9 heteroatoms. The fourth-order valence-corrected chi connectivity index (χ4v) is 3.54. The smallest absolute Gasteiger partial charge is 0.408 e. The molecule has 2 amide bonds. The van der Waals surface area contributed by atoms with E-state index >= 15 is 0 Å². The molecule has 3 rings (SSSR count). The van der Waals surface area contributed by atoms with Crippen LogP contribution >= 0.6 is 0 Å². The summed E-state index contributed by atoms with van der Waals surface area (Å²) in [5, 5.41) is 25.3. The van der Waals surface area contributed by atoms with Crippen molar-refractivity contribution in [2.75, 3.05) is 6.61 Å². The average molecular weight is 425 g/mol. The van der Waals surface area contributed by atoms with Crippen LogP contribution in [-0.4, -0.2) is 44.7 Å². The van der Waals surface area contributed by atoms with E-state index in [9.17, 15) is 14.7 Å². The van der Waals surface area contributed by atoms with Crippen molar-refractivity contribution in [2.45, 2.75) is 38.8 Å². The van der Waals surface area contributed by atoms with Gasteiger partial charge in [-0.05, 0) is 43.5 Å². The summed E-state index contributed by atoms with van der Waals surface area (Å²) >= 11 is 0. The number of ether oxygens (including phenoxy) is 1. The van der Waals surface area contributed by atoms with Gasteiger partial charge in [0.1, 0.15) is 16.7 Å². The van der Waals surface area contributed by atoms with Crippen LogP contribution in [0, 0.1) is 5.41 Å². The van der Waals surface area contributed by atoms with E-state index in [0.717, 1.165) is 16.3 Å². The number of rotatable bonds is 7. The standard InChI is InChI=1S/C22H27N5O4/c1-21(2,3)31-20(30)25-18(17-12-24-27-26-17)22(13-28,19(23)29)11-14-8-9-15-6-4-5-7-16(15)10-14/h4-10,12,18,28H,11,13H2,1-3H3,(H2,23,29)(H,25,30)(H,24,26,27). The number of hydrogen-bond acceptors (Lipinski definition) is 6. The van der Waals surface area contributed by atoms with Gasteiger partial charge < -0.3 is 20.9 Å². The maximum atomic E-state index is 12.7. The van der Waals surface area contributed by atoms with Gasteiger partial charge in [0.15, 0.2) is 0 Å². The molecule has 9 nitrogen and oxygen atoms in total. The Labute approximate surface area is 180 Å². The summed E-state index contributed by atoms with van der Waals surface area (Å²) in [6.07, 6.45) is 0.741. The molecule has 164 valence electrons. The lowest BCUT2D eigenvalue weighted by Crippen LogP contribution is -2.53. The van der Waals surface area contributed by atoms with Crippen molar-refractivity contribution in [3.8, 4) is 0 Å². The van der Waals surface area contributed by atoms with Crippen LogP contribution in [0.2, 0.25) is 0 Å². The summed E-state index contributed by atoms with van der Waals surface area (Å²) in [6.45, 7) is 4.54. The van der Waals surface area contributed by atoms with Gasteiger partial charge in [-0.3, -0.25) is 9.89 Å². The molecule has 0 spiro atoms. The van der Waals surface area contributed by atoms with Gasteiger partial charge >= 0.3 is 6.09 Å². The first kappa shape index (κ1) is 22.2. The number of nitrogens with zero attached hydrogens (tertiary/aromatic N) is 2. The van der Waals surface area contributed by atoms with Gasteiger partial charge in [-0.15, -0.1) is 5.10 Å². The Morgan fingerprint density at radius 2 is 1.90 bits per heavy atom. The van der Waals surface area contributed by atoms with Crippen LogP contribution in [-0.2, 0) is 16.0 Å². The van der Waals surface area contributed by atoms with E-state index in [4.69, 9.17) is 10.5 Å². The van der Waals surface area contributed by atoms with Crippen LogP contribution in [0.5, 0.6) is 0 Å². The maximum Gasteiger partial charge on any atom is 0.408 e. The van der Waals surface area contributed by atoms with Crippen molar-refractivity contribution in [1.29, 1.82) is 0 Å². The Kier molecular flexibility index (Phi) is 6.26. The second-order valence-corrected chi connectivity index (χ2v) is 8.51. The highest BCUT2D eigenvalue weighted by atomic mass is 16.6. The summed E-state index contributed by atoms with van der Waals surface area (Å²) < 4.78 is 5.35. The first-order chi connectivity index (χ1) is 14.6. The Bertz CT molecular complexity index is 1060. The van der Waals surface area contributed by atoms with E-state index < -0.39 is 35.7 Å². The first-order valence-electron chi connectivity index (χ1n) is 9.89. The molecule has 2 unspecified atom stereocenters. The van der Waals surface area contributed by atoms with Crippen molar-refractivity contribution in [3.63, 3.8) is 0 Å². The van der Waals surface area contributed by atoms with E-state index in [1.54, 1.807) is 20.8 Å². The molecule has 0 bridgehead atoms. The summed E-state index contributed by atoms with van der Waals surface area (Å²) in [5.74, 6) is -0.785. The fourth-order valence-electron chi connectivity index (χ4n) is 3.54. The van der Waals surface area contributed by atoms with Gasteiger partial charge in [0.25, 0.3) is 0 Å². The molecule has 31 heavy (non-hydrogen) atoms. The fraction of sp³-hybridized carbons (Fsp3) is 0.364. The number of hydrogen-bond donors (Lipinski definition) is 4. The molecule has 3 aromatic rings. The molecule has 0 aliphatic heterocycles. The summed E-state index contributed by atoms with van der Waals surface area (Å²) in [4.78, 5) is 25.3. The Morgan fingerprint density at radius 1 is 1.19 bits per heavy atom. The number of nitrogens with one attached hydrogen (secondary N) is 2. The molecule has 0 saturated heterocycles. The monoisotopic (exact) mass is 425 g/mol. The summed E-state index contributed by atoms with van der Waals surface area (Å²) in [6, 6.07) is 12.4. The Hall–Kier alpha value is -3.46. The molecule has 1 heterocycles. The minimum Gasteiger partial charge on any atom is -0.444 e. The molecular weight excluding hydrogens is 398 g/mol. The second kappa shape index (κ2) is 8.73. The van der Waals surface area contributed by atoms with Crippen LogP contribution in [0.25, 0.3) is 10.8 Å². The van der Waals surface area contributed by atoms with Crippen LogP contribution in [0.4, 0.5) is 4.79 Å². The predicted molar refractivity (Wildman–Crippen MR) is 115 cm³/mol. The minimum absolute atomic E-state index is 0.0665. The number of carbonyl (C=O) groups excluding carboxylic acids is 2. The van der Waals surface area contributed by atoms with E-state index in [-0.39, 0.29) is 12.1 Å². The van der Waals surface area contributed by atoms with Crippen LogP contribution < -0.4 is 11.1 Å². The maximum absolute atomic E-state index is 12.7. The molecule has 0 saturated carbocycles. The molecule has 0 fully saturated rings. The third-order valence-corrected chi connectivity index (χ3v) is 5.05.